The Morgan fingerprint density at radius 3 is 2.57 bits per heavy atom. The van der Waals surface area contributed by atoms with Crippen molar-refractivity contribution in [1.29, 1.82) is 0 Å². The van der Waals surface area contributed by atoms with Crippen LogP contribution in [0.25, 0.3) is 0 Å². The zero-order valence-electron chi connectivity index (χ0n) is 11.3. The molecule has 0 spiro atoms. The number of benzene rings is 1. The van der Waals surface area contributed by atoms with Gasteiger partial charge in [0, 0.05) is 23.0 Å². The molecule has 0 amide bonds. The Morgan fingerprint density at radius 1 is 1.33 bits per heavy atom. The molecular formula is C14H14Cl2N2O3. The van der Waals surface area contributed by atoms with Crippen LogP contribution in [0.3, 0.4) is 0 Å². The van der Waals surface area contributed by atoms with Gasteiger partial charge in [0.2, 0.25) is 0 Å². The van der Waals surface area contributed by atoms with Gasteiger partial charge >= 0.3 is 5.97 Å². The minimum Gasteiger partial charge on any atom is -0.466 e. The molecule has 0 fully saturated rings. The lowest BCUT2D eigenvalue weighted by Gasteiger charge is -2.03. The van der Waals surface area contributed by atoms with E-state index in [4.69, 9.17) is 23.2 Å². The normalized spacial score (nSPS) is 9.48. The predicted molar refractivity (Wildman–Crippen MR) is 80.6 cm³/mol. The number of halogens is 2. The van der Waals surface area contributed by atoms with Gasteiger partial charge in [-0.15, -0.1) is 0 Å². The third kappa shape index (κ3) is 6.42. The molecule has 0 aliphatic rings. The number of imidazole rings is 1. The van der Waals surface area contributed by atoms with E-state index < -0.39 is 5.97 Å². The molecule has 2 rings (SSSR count). The highest BCUT2D eigenvalue weighted by atomic mass is 35.5. The first-order valence-electron chi connectivity index (χ1n) is 6.11. The Morgan fingerprint density at radius 2 is 2.10 bits per heavy atom. The first-order chi connectivity index (χ1) is 10.0. The number of ketones is 1. The predicted octanol–water partition coefficient (Wildman–Crippen LogP) is 3.54. The molecule has 1 aromatic carbocycles. The van der Waals surface area contributed by atoms with Crippen molar-refractivity contribution in [2.45, 2.75) is 13.3 Å². The van der Waals surface area contributed by atoms with Gasteiger partial charge in [-0.2, -0.15) is 0 Å². The summed E-state index contributed by atoms with van der Waals surface area (Å²) in [4.78, 5) is 29.1. The Kier molecular flexibility index (Phi) is 7.50. The highest BCUT2D eigenvalue weighted by Crippen LogP contribution is 2.22. The average molecular weight is 329 g/mol. The topological polar surface area (TPSA) is 72.1 Å². The van der Waals surface area contributed by atoms with Gasteiger partial charge in [-0.1, -0.05) is 23.2 Å². The molecule has 1 N–H and O–H groups in total. The van der Waals surface area contributed by atoms with Crippen LogP contribution in [0.15, 0.2) is 36.9 Å². The number of ether oxygens (including phenoxy) is 1. The van der Waals surface area contributed by atoms with Gasteiger partial charge in [0.25, 0.3) is 0 Å². The zero-order valence-corrected chi connectivity index (χ0v) is 12.8. The van der Waals surface area contributed by atoms with Crippen molar-refractivity contribution in [2.24, 2.45) is 0 Å². The maximum atomic E-state index is 11.6. The number of aromatic amines is 1. The molecule has 0 atom stereocenters. The van der Waals surface area contributed by atoms with Gasteiger partial charge in [-0.05, 0) is 25.1 Å². The van der Waals surface area contributed by atoms with E-state index in [-0.39, 0.29) is 29.4 Å². The number of carbonyl (C=O) groups is 2. The van der Waals surface area contributed by atoms with E-state index in [1.54, 1.807) is 31.7 Å². The second kappa shape index (κ2) is 9.15. The maximum absolute atomic E-state index is 11.6. The fraction of sp³-hybridized carbons (Fsp3) is 0.214. The van der Waals surface area contributed by atoms with Crippen molar-refractivity contribution < 1.29 is 14.3 Å². The molecule has 112 valence electrons. The van der Waals surface area contributed by atoms with Crippen molar-refractivity contribution in [3.63, 3.8) is 0 Å². The SMILES string of the molecule is CCOC(=O)CC(=O)c1ccc(Cl)cc1Cl.c1c[nH]cn1. The molecule has 0 radical (unpaired) electrons. The van der Waals surface area contributed by atoms with Crippen LogP contribution in [0.4, 0.5) is 0 Å². The zero-order chi connectivity index (χ0) is 15.7. The summed E-state index contributed by atoms with van der Waals surface area (Å²) in [6.45, 7) is 1.93. The first-order valence-corrected chi connectivity index (χ1v) is 6.86. The van der Waals surface area contributed by atoms with E-state index in [1.165, 1.54) is 12.1 Å². The number of nitrogens with zero attached hydrogens (tertiary/aromatic N) is 1. The van der Waals surface area contributed by atoms with Crippen LogP contribution in [0.2, 0.25) is 10.0 Å². The molecule has 1 aromatic heterocycles. The fourth-order valence-corrected chi connectivity index (χ4v) is 1.88. The number of H-pyrrole nitrogens is 1. The summed E-state index contributed by atoms with van der Waals surface area (Å²) in [5.41, 5.74) is 0.277. The molecule has 0 saturated heterocycles. The van der Waals surface area contributed by atoms with Crippen molar-refractivity contribution in [1.82, 2.24) is 9.97 Å². The first kappa shape index (κ1) is 17.2. The summed E-state index contributed by atoms with van der Waals surface area (Å²) in [7, 11) is 0. The Hall–Kier alpha value is -1.85. The lowest BCUT2D eigenvalue weighted by Crippen LogP contribution is -2.11. The average Bonchev–Trinajstić information content (AvgIpc) is 2.97. The molecule has 0 aliphatic carbocycles. The summed E-state index contributed by atoms with van der Waals surface area (Å²) in [5.74, 6) is -0.932. The Balaban J connectivity index is 0.000000369. The lowest BCUT2D eigenvalue weighted by atomic mass is 10.1. The quantitative estimate of drug-likeness (QED) is 0.529. The highest BCUT2D eigenvalue weighted by Gasteiger charge is 2.15. The number of rotatable bonds is 4. The van der Waals surface area contributed by atoms with Crippen molar-refractivity contribution >= 4 is 35.0 Å². The summed E-state index contributed by atoms with van der Waals surface area (Å²) < 4.78 is 4.67. The van der Waals surface area contributed by atoms with Gasteiger partial charge in [-0.25, -0.2) is 4.98 Å². The molecule has 5 nitrogen and oxygen atoms in total. The minimum atomic E-state index is -0.557. The number of esters is 1. The fourth-order valence-electron chi connectivity index (χ4n) is 1.37. The van der Waals surface area contributed by atoms with E-state index in [2.05, 4.69) is 14.7 Å². The van der Waals surface area contributed by atoms with Crippen LogP contribution in [0.5, 0.6) is 0 Å². The van der Waals surface area contributed by atoms with Crippen molar-refractivity contribution in [3.8, 4) is 0 Å². The number of nitrogens with one attached hydrogen (secondary N) is 1. The summed E-state index contributed by atoms with van der Waals surface area (Å²) in [6.07, 6.45) is 4.77. The second-order valence-corrected chi connectivity index (χ2v) is 4.63. The van der Waals surface area contributed by atoms with Crippen molar-refractivity contribution in [3.05, 3.63) is 52.5 Å². The largest absolute Gasteiger partial charge is 0.466 e. The third-order valence-electron chi connectivity index (χ3n) is 2.25. The summed E-state index contributed by atoms with van der Waals surface area (Å²) in [6, 6.07) is 4.50. The van der Waals surface area contributed by atoms with E-state index in [0.717, 1.165) is 0 Å². The highest BCUT2D eigenvalue weighted by molar-refractivity contribution is 6.37. The van der Waals surface area contributed by atoms with Crippen LogP contribution >= 0.6 is 23.2 Å². The standard InChI is InChI=1S/C11H10Cl2O3.C3H4N2/c1-2-16-11(15)6-10(14)8-4-3-7(12)5-9(8)13;1-2-5-3-4-1/h3-5H,2,6H2,1H3;1-3H,(H,4,5). The molecule has 0 saturated carbocycles. The number of Topliss-reactive ketones (excluding diaryl/α,β-unsaturated/α-hetero) is 1. The molecular weight excluding hydrogens is 315 g/mol. The monoisotopic (exact) mass is 328 g/mol. The molecule has 0 unspecified atom stereocenters. The maximum Gasteiger partial charge on any atom is 0.313 e. The summed E-state index contributed by atoms with van der Waals surface area (Å²) >= 11 is 11.5. The van der Waals surface area contributed by atoms with Crippen LogP contribution in [-0.4, -0.2) is 28.3 Å². The molecule has 21 heavy (non-hydrogen) atoms. The number of hydrogen-bond acceptors (Lipinski definition) is 4. The Bertz CT molecular complexity index is 569. The molecule has 1 heterocycles. The van der Waals surface area contributed by atoms with Crippen LogP contribution in [-0.2, 0) is 9.53 Å². The number of aromatic nitrogens is 2. The number of carbonyl (C=O) groups excluding carboxylic acids is 2. The van der Waals surface area contributed by atoms with Crippen LogP contribution in [0, 0.1) is 0 Å². The van der Waals surface area contributed by atoms with Gasteiger partial charge in [0.1, 0.15) is 6.42 Å². The van der Waals surface area contributed by atoms with E-state index in [0.29, 0.717) is 5.02 Å². The van der Waals surface area contributed by atoms with Crippen LogP contribution in [0.1, 0.15) is 23.7 Å². The molecule has 2 aromatic rings. The van der Waals surface area contributed by atoms with E-state index >= 15 is 0 Å². The van der Waals surface area contributed by atoms with Crippen molar-refractivity contribution in [2.75, 3.05) is 6.61 Å². The van der Waals surface area contributed by atoms with Gasteiger partial charge in [0.15, 0.2) is 5.78 Å². The smallest absolute Gasteiger partial charge is 0.313 e. The van der Waals surface area contributed by atoms with E-state index in [1.807, 2.05) is 0 Å². The van der Waals surface area contributed by atoms with E-state index in [9.17, 15) is 9.59 Å². The van der Waals surface area contributed by atoms with Gasteiger partial charge in [0.05, 0.1) is 18.0 Å². The minimum absolute atomic E-state index is 0.238. The van der Waals surface area contributed by atoms with Crippen LogP contribution < -0.4 is 0 Å². The number of hydrogen-bond donors (Lipinski definition) is 1. The van der Waals surface area contributed by atoms with Gasteiger partial charge < -0.3 is 9.72 Å². The third-order valence-corrected chi connectivity index (χ3v) is 2.80. The summed E-state index contributed by atoms with van der Waals surface area (Å²) in [5, 5.41) is 0.680. The molecule has 0 bridgehead atoms. The van der Waals surface area contributed by atoms with Gasteiger partial charge in [-0.3, -0.25) is 9.59 Å². The Labute approximate surface area is 132 Å². The molecule has 7 heteroatoms. The molecule has 0 aliphatic heterocycles. The lowest BCUT2D eigenvalue weighted by molar-refractivity contribution is -0.141. The second-order valence-electron chi connectivity index (χ2n) is 3.79.